The van der Waals surface area contributed by atoms with Gasteiger partial charge in [-0.05, 0) is 38.0 Å². The molecule has 3 aliphatic rings. The molecule has 4 heterocycles. The Labute approximate surface area is 190 Å². The van der Waals surface area contributed by atoms with Gasteiger partial charge in [0.05, 0.1) is 24.4 Å². The Bertz CT molecular complexity index is 1090. The summed E-state index contributed by atoms with van der Waals surface area (Å²) in [5.74, 6) is 1.12. The van der Waals surface area contributed by atoms with E-state index in [-0.39, 0.29) is 30.1 Å². The van der Waals surface area contributed by atoms with Gasteiger partial charge in [-0.1, -0.05) is 11.6 Å². The van der Waals surface area contributed by atoms with Crippen LogP contribution in [0.15, 0.2) is 24.4 Å². The zero-order chi connectivity index (χ0) is 22.4. The van der Waals surface area contributed by atoms with Gasteiger partial charge in [0, 0.05) is 30.1 Å². The topological polar surface area (TPSA) is 90.0 Å². The van der Waals surface area contributed by atoms with Gasteiger partial charge in [-0.3, -0.25) is 9.59 Å². The average molecular weight is 458 g/mol. The minimum atomic E-state index is -0.235. The molecule has 3 aliphatic heterocycles. The molecular weight excluding hydrogens is 434 g/mol. The highest BCUT2D eigenvalue weighted by Crippen LogP contribution is 2.39. The van der Waals surface area contributed by atoms with Crippen LogP contribution in [0.25, 0.3) is 0 Å². The Morgan fingerprint density at radius 3 is 2.91 bits per heavy atom. The van der Waals surface area contributed by atoms with Crippen LogP contribution >= 0.6 is 11.6 Å². The SMILES string of the molecule is CC(C)Oc1cc(Cl)cc2c1C(=O)N1C[C@@H](Oc3cc4c(cn3)CCC(=O)N4)C[C@@H]1CO2. The number of ether oxygens (including phenoxy) is 3. The van der Waals surface area contributed by atoms with Crippen LogP contribution in [-0.4, -0.2) is 53.1 Å². The van der Waals surface area contributed by atoms with Crippen LogP contribution in [0.5, 0.6) is 17.4 Å². The molecule has 9 heteroatoms. The maximum Gasteiger partial charge on any atom is 0.261 e. The Morgan fingerprint density at radius 2 is 2.09 bits per heavy atom. The number of carbonyl (C=O) groups is 2. The lowest BCUT2D eigenvalue weighted by Gasteiger charge is -2.22. The third-order valence-electron chi connectivity index (χ3n) is 5.82. The average Bonchev–Trinajstić information content (AvgIpc) is 3.08. The molecule has 0 radical (unpaired) electrons. The van der Waals surface area contributed by atoms with Crippen molar-refractivity contribution in [3.63, 3.8) is 0 Å². The van der Waals surface area contributed by atoms with Crippen molar-refractivity contribution in [1.82, 2.24) is 9.88 Å². The first-order valence-corrected chi connectivity index (χ1v) is 11.1. The van der Waals surface area contributed by atoms with Gasteiger partial charge in [-0.25, -0.2) is 4.98 Å². The molecule has 0 bridgehead atoms. The van der Waals surface area contributed by atoms with E-state index in [2.05, 4.69) is 10.3 Å². The normalized spacial score (nSPS) is 21.8. The molecule has 1 fully saturated rings. The monoisotopic (exact) mass is 457 g/mol. The number of nitrogens with zero attached hydrogens (tertiary/aromatic N) is 2. The number of pyridine rings is 1. The lowest BCUT2D eigenvalue weighted by atomic mass is 10.1. The Morgan fingerprint density at radius 1 is 1.25 bits per heavy atom. The zero-order valence-corrected chi connectivity index (χ0v) is 18.6. The molecule has 1 saturated heterocycles. The summed E-state index contributed by atoms with van der Waals surface area (Å²) in [5, 5.41) is 3.32. The Hall–Kier alpha value is -3.00. The third kappa shape index (κ3) is 3.95. The summed E-state index contributed by atoms with van der Waals surface area (Å²) in [6.45, 7) is 4.53. The molecule has 5 rings (SSSR count). The smallest absolute Gasteiger partial charge is 0.261 e. The zero-order valence-electron chi connectivity index (χ0n) is 17.9. The molecule has 0 unspecified atom stereocenters. The van der Waals surface area contributed by atoms with Crippen molar-refractivity contribution in [3.8, 4) is 17.4 Å². The molecule has 2 atom stereocenters. The van der Waals surface area contributed by atoms with E-state index >= 15 is 0 Å². The molecule has 2 aromatic rings. The largest absolute Gasteiger partial charge is 0.490 e. The second-order valence-electron chi connectivity index (χ2n) is 8.57. The molecule has 1 aromatic heterocycles. The maximum atomic E-state index is 13.5. The number of amides is 2. The molecule has 168 valence electrons. The number of hydrogen-bond acceptors (Lipinski definition) is 6. The standard InChI is InChI=1S/C23H24ClN3O5/c1-12(2)31-19-6-14(24)5-18-22(19)23(29)27-10-16(7-15(27)11-30-18)32-21-8-17-13(9-25-21)3-4-20(28)26-17/h5-6,8-9,12,15-16H,3-4,7,10-11H2,1-2H3,(H,26,28)/t15-,16+/m1/s1. The fraction of sp³-hybridized carbons (Fsp3) is 0.435. The van der Waals surface area contributed by atoms with Gasteiger partial charge >= 0.3 is 0 Å². The molecule has 1 N–H and O–H groups in total. The number of aryl methyl sites for hydroxylation is 1. The van der Waals surface area contributed by atoms with E-state index in [9.17, 15) is 9.59 Å². The van der Waals surface area contributed by atoms with E-state index in [1.807, 2.05) is 13.8 Å². The summed E-state index contributed by atoms with van der Waals surface area (Å²) in [6, 6.07) is 4.92. The van der Waals surface area contributed by atoms with E-state index in [0.29, 0.717) is 60.4 Å². The first-order chi connectivity index (χ1) is 15.4. The maximum absolute atomic E-state index is 13.5. The van der Waals surface area contributed by atoms with E-state index in [1.54, 1.807) is 29.3 Å². The van der Waals surface area contributed by atoms with Gasteiger partial charge in [-0.2, -0.15) is 0 Å². The summed E-state index contributed by atoms with van der Waals surface area (Å²) in [4.78, 5) is 31.3. The number of aromatic nitrogens is 1. The molecular formula is C23H24ClN3O5. The van der Waals surface area contributed by atoms with Crippen LogP contribution in [-0.2, 0) is 11.2 Å². The predicted molar refractivity (Wildman–Crippen MR) is 118 cm³/mol. The number of benzene rings is 1. The van der Waals surface area contributed by atoms with Gasteiger partial charge in [0.2, 0.25) is 11.8 Å². The van der Waals surface area contributed by atoms with Crippen LogP contribution in [0.2, 0.25) is 5.02 Å². The van der Waals surface area contributed by atoms with E-state index in [0.717, 1.165) is 11.3 Å². The van der Waals surface area contributed by atoms with Crippen LogP contribution in [0.3, 0.4) is 0 Å². The van der Waals surface area contributed by atoms with Gasteiger partial charge in [0.25, 0.3) is 5.91 Å². The lowest BCUT2D eigenvalue weighted by molar-refractivity contribution is -0.116. The van der Waals surface area contributed by atoms with E-state index < -0.39 is 0 Å². The minimum absolute atomic E-state index is 0.00941. The Kier molecular flexibility index (Phi) is 5.33. The highest BCUT2D eigenvalue weighted by molar-refractivity contribution is 6.31. The fourth-order valence-corrected chi connectivity index (χ4v) is 4.60. The molecule has 32 heavy (non-hydrogen) atoms. The van der Waals surface area contributed by atoms with Crippen LogP contribution in [0.4, 0.5) is 5.69 Å². The van der Waals surface area contributed by atoms with Crippen molar-refractivity contribution in [1.29, 1.82) is 0 Å². The quantitative estimate of drug-likeness (QED) is 0.756. The highest BCUT2D eigenvalue weighted by atomic mass is 35.5. The number of halogens is 1. The first kappa shape index (κ1) is 20.9. The fourth-order valence-electron chi connectivity index (χ4n) is 4.40. The molecule has 1 aromatic carbocycles. The van der Waals surface area contributed by atoms with Crippen molar-refractivity contribution in [3.05, 3.63) is 40.5 Å². The van der Waals surface area contributed by atoms with Gasteiger partial charge in [0.1, 0.15) is 29.8 Å². The number of carbonyl (C=O) groups excluding carboxylic acids is 2. The molecule has 0 spiro atoms. The molecule has 0 aliphatic carbocycles. The number of hydrogen-bond donors (Lipinski definition) is 1. The number of rotatable bonds is 4. The summed E-state index contributed by atoms with van der Waals surface area (Å²) < 4.78 is 17.9. The summed E-state index contributed by atoms with van der Waals surface area (Å²) >= 11 is 6.22. The Balaban J connectivity index is 1.36. The minimum Gasteiger partial charge on any atom is -0.490 e. The summed E-state index contributed by atoms with van der Waals surface area (Å²) in [5.41, 5.74) is 2.12. The second-order valence-corrected chi connectivity index (χ2v) is 9.01. The molecule has 0 saturated carbocycles. The van der Waals surface area contributed by atoms with Crippen molar-refractivity contribution < 1.29 is 23.8 Å². The van der Waals surface area contributed by atoms with Gasteiger partial charge in [0.15, 0.2) is 0 Å². The predicted octanol–water partition coefficient (Wildman–Crippen LogP) is 3.46. The first-order valence-electron chi connectivity index (χ1n) is 10.8. The van der Waals surface area contributed by atoms with Crippen molar-refractivity contribution in [2.45, 2.75) is 51.4 Å². The summed E-state index contributed by atoms with van der Waals surface area (Å²) in [7, 11) is 0. The van der Waals surface area contributed by atoms with E-state index in [4.69, 9.17) is 25.8 Å². The van der Waals surface area contributed by atoms with Gasteiger partial charge in [-0.15, -0.1) is 0 Å². The lowest BCUT2D eigenvalue weighted by Crippen LogP contribution is -2.37. The highest BCUT2D eigenvalue weighted by Gasteiger charge is 2.42. The second kappa shape index (κ2) is 8.16. The van der Waals surface area contributed by atoms with Crippen molar-refractivity contribution in [2.75, 3.05) is 18.5 Å². The number of nitrogens with one attached hydrogen (secondary N) is 1. The summed E-state index contributed by atoms with van der Waals surface area (Å²) in [6.07, 6.45) is 3.13. The van der Waals surface area contributed by atoms with Crippen LogP contribution < -0.4 is 19.5 Å². The number of fused-ring (bicyclic) bond motifs is 3. The van der Waals surface area contributed by atoms with E-state index in [1.165, 1.54) is 0 Å². The van der Waals surface area contributed by atoms with Crippen LogP contribution in [0, 0.1) is 0 Å². The molecule has 2 amide bonds. The van der Waals surface area contributed by atoms with Crippen LogP contribution in [0.1, 0.15) is 42.6 Å². The van der Waals surface area contributed by atoms with Crippen molar-refractivity contribution in [2.24, 2.45) is 0 Å². The van der Waals surface area contributed by atoms with Gasteiger partial charge < -0.3 is 24.4 Å². The number of anilines is 1. The third-order valence-corrected chi connectivity index (χ3v) is 6.04. The van der Waals surface area contributed by atoms with Crippen molar-refractivity contribution >= 4 is 29.1 Å². The molecule has 8 nitrogen and oxygen atoms in total.